The molecule has 3 rings (SSSR count). The van der Waals surface area contributed by atoms with Crippen LogP contribution in [-0.4, -0.2) is 30.4 Å². The second-order valence-corrected chi connectivity index (χ2v) is 6.67. The number of carbonyl (C=O) groups is 1. The van der Waals surface area contributed by atoms with Crippen molar-refractivity contribution in [2.24, 2.45) is 0 Å². The molecule has 0 bridgehead atoms. The average molecular weight is 332 g/mol. The van der Waals surface area contributed by atoms with E-state index in [-0.39, 0.29) is 17.8 Å². The molecule has 1 fully saturated rings. The molecule has 1 aliphatic heterocycles. The highest BCUT2D eigenvalue weighted by atomic mass is 32.1. The Bertz CT molecular complexity index is 621. The van der Waals surface area contributed by atoms with Crippen LogP contribution in [-0.2, 0) is 0 Å². The molecule has 1 atom stereocenters. The fraction of sp³-hybridized carbons (Fsp3) is 0.389. The number of hydrogen-bond donors (Lipinski definition) is 1. The van der Waals surface area contributed by atoms with Crippen molar-refractivity contribution in [3.63, 3.8) is 0 Å². The molecule has 1 aromatic carbocycles. The Morgan fingerprint density at radius 2 is 1.91 bits per heavy atom. The molecule has 1 aromatic heterocycles. The maximum Gasteiger partial charge on any atom is 0.251 e. The summed E-state index contributed by atoms with van der Waals surface area (Å²) in [4.78, 5) is 14.7. The number of piperidine rings is 1. The molecule has 5 heteroatoms. The van der Waals surface area contributed by atoms with Crippen LogP contribution >= 0.6 is 11.3 Å². The predicted molar refractivity (Wildman–Crippen MR) is 91.2 cm³/mol. The topological polar surface area (TPSA) is 32.3 Å². The van der Waals surface area contributed by atoms with E-state index < -0.39 is 0 Å². The molecular formula is C18H21FN2OS. The Hall–Kier alpha value is -1.72. The van der Waals surface area contributed by atoms with Crippen LogP contribution in [0.1, 0.15) is 41.2 Å². The minimum absolute atomic E-state index is 0.151. The molecule has 0 radical (unpaired) electrons. The van der Waals surface area contributed by atoms with Gasteiger partial charge in [-0.3, -0.25) is 9.69 Å². The van der Waals surface area contributed by atoms with E-state index in [2.05, 4.69) is 27.0 Å². The Labute approximate surface area is 140 Å². The Balaban J connectivity index is 1.66. The second kappa shape index (κ2) is 7.70. The van der Waals surface area contributed by atoms with Gasteiger partial charge in [-0.2, -0.15) is 11.3 Å². The van der Waals surface area contributed by atoms with E-state index in [1.807, 2.05) is 0 Å². The number of thiophene rings is 1. The van der Waals surface area contributed by atoms with Crippen LogP contribution in [0.25, 0.3) is 0 Å². The molecule has 0 spiro atoms. The standard InChI is InChI=1S/C18H21FN2OS/c19-16-6-4-14(5-7-16)18(22)20-12-17(15-8-11-23-13-15)21-9-2-1-3-10-21/h4-8,11,13,17H,1-3,9-10,12H2,(H,20,22). The van der Waals surface area contributed by atoms with Crippen molar-refractivity contribution in [2.75, 3.05) is 19.6 Å². The monoisotopic (exact) mass is 332 g/mol. The van der Waals surface area contributed by atoms with Gasteiger partial charge in [-0.05, 0) is 72.6 Å². The van der Waals surface area contributed by atoms with E-state index in [1.54, 1.807) is 11.3 Å². The molecule has 122 valence electrons. The third kappa shape index (κ3) is 4.18. The van der Waals surface area contributed by atoms with Crippen LogP contribution in [0.2, 0.25) is 0 Å². The van der Waals surface area contributed by atoms with Gasteiger partial charge in [0.05, 0.1) is 6.04 Å². The zero-order chi connectivity index (χ0) is 16.1. The fourth-order valence-corrected chi connectivity index (χ4v) is 3.75. The molecular weight excluding hydrogens is 311 g/mol. The Kier molecular flexibility index (Phi) is 5.41. The predicted octanol–water partition coefficient (Wildman–Crippen LogP) is 3.84. The van der Waals surface area contributed by atoms with E-state index in [1.165, 1.54) is 49.1 Å². The molecule has 0 saturated carbocycles. The van der Waals surface area contributed by atoms with Gasteiger partial charge in [0.1, 0.15) is 5.82 Å². The van der Waals surface area contributed by atoms with Crippen molar-refractivity contribution in [1.29, 1.82) is 0 Å². The van der Waals surface area contributed by atoms with Gasteiger partial charge in [0.2, 0.25) is 0 Å². The number of hydrogen-bond acceptors (Lipinski definition) is 3. The highest BCUT2D eigenvalue weighted by molar-refractivity contribution is 7.07. The average Bonchev–Trinajstić information content (AvgIpc) is 3.11. The van der Waals surface area contributed by atoms with E-state index >= 15 is 0 Å². The number of carbonyl (C=O) groups excluding carboxylic acids is 1. The number of nitrogens with one attached hydrogen (secondary N) is 1. The minimum Gasteiger partial charge on any atom is -0.350 e. The number of benzene rings is 1. The molecule has 23 heavy (non-hydrogen) atoms. The highest BCUT2D eigenvalue weighted by Crippen LogP contribution is 2.25. The normalized spacial score (nSPS) is 16.9. The summed E-state index contributed by atoms with van der Waals surface area (Å²) in [5, 5.41) is 7.24. The molecule has 1 amide bonds. The summed E-state index contributed by atoms with van der Waals surface area (Å²) in [6, 6.07) is 8.02. The molecule has 2 aromatic rings. The molecule has 1 N–H and O–H groups in total. The minimum atomic E-state index is -0.328. The van der Waals surface area contributed by atoms with Gasteiger partial charge in [-0.15, -0.1) is 0 Å². The first-order valence-electron chi connectivity index (χ1n) is 8.04. The third-order valence-electron chi connectivity index (χ3n) is 4.32. The fourth-order valence-electron chi connectivity index (χ4n) is 3.05. The zero-order valence-corrected chi connectivity index (χ0v) is 13.8. The molecule has 1 saturated heterocycles. The summed E-state index contributed by atoms with van der Waals surface area (Å²) in [6.45, 7) is 2.73. The summed E-state index contributed by atoms with van der Waals surface area (Å²) >= 11 is 1.68. The van der Waals surface area contributed by atoms with Gasteiger partial charge in [0.25, 0.3) is 5.91 Å². The smallest absolute Gasteiger partial charge is 0.251 e. The number of rotatable bonds is 5. The van der Waals surface area contributed by atoms with Crippen LogP contribution in [0.5, 0.6) is 0 Å². The summed E-state index contributed by atoms with van der Waals surface area (Å²) < 4.78 is 13.0. The zero-order valence-electron chi connectivity index (χ0n) is 13.0. The van der Waals surface area contributed by atoms with Crippen LogP contribution in [0.15, 0.2) is 41.1 Å². The molecule has 0 aliphatic carbocycles. The van der Waals surface area contributed by atoms with Crippen molar-refractivity contribution in [1.82, 2.24) is 10.2 Å². The van der Waals surface area contributed by atoms with E-state index in [9.17, 15) is 9.18 Å². The van der Waals surface area contributed by atoms with Gasteiger partial charge in [-0.25, -0.2) is 4.39 Å². The van der Waals surface area contributed by atoms with Gasteiger partial charge >= 0.3 is 0 Å². The van der Waals surface area contributed by atoms with Crippen molar-refractivity contribution in [2.45, 2.75) is 25.3 Å². The first kappa shape index (κ1) is 16.1. The van der Waals surface area contributed by atoms with Crippen LogP contribution in [0.3, 0.4) is 0 Å². The number of likely N-dealkylation sites (tertiary alicyclic amines) is 1. The summed E-state index contributed by atoms with van der Waals surface area (Å²) in [6.07, 6.45) is 3.72. The summed E-state index contributed by atoms with van der Waals surface area (Å²) in [5.41, 5.74) is 1.76. The lowest BCUT2D eigenvalue weighted by Gasteiger charge is -2.34. The van der Waals surface area contributed by atoms with Crippen molar-refractivity contribution in [3.8, 4) is 0 Å². The maximum atomic E-state index is 13.0. The lowest BCUT2D eigenvalue weighted by atomic mass is 10.0. The SMILES string of the molecule is O=C(NCC(c1ccsc1)N1CCCCC1)c1ccc(F)cc1. The van der Waals surface area contributed by atoms with Crippen LogP contribution in [0.4, 0.5) is 4.39 Å². The van der Waals surface area contributed by atoms with Gasteiger partial charge in [-0.1, -0.05) is 6.42 Å². The summed E-state index contributed by atoms with van der Waals surface area (Å²) in [7, 11) is 0. The number of nitrogens with zero attached hydrogens (tertiary/aromatic N) is 1. The largest absolute Gasteiger partial charge is 0.350 e. The van der Waals surface area contributed by atoms with E-state index in [0.29, 0.717) is 12.1 Å². The van der Waals surface area contributed by atoms with Gasteiger partial charge in [0.15, 0.2) is 0 Å². The lowest BCUT2D eigenvalue weighted by molar-refractivity contribution is 0.0924. The quantitative estimate of drug-likeness (QED) is 0.902. The van der Waals surface area contributed by atoms with E-state index in [4.69, 9.17) is 0 Å². The number of amides is 1. The number of halogens is 1. The summed E-state index contributed by atoms with van der Waals surface area (Å²) in [5.74, 6) is -0.478. The Morgan fingerprint density at radius 3 is 2.57 bits per heavy atom. The maximum absolute atomic E-state index is 13.0. The highest BCUT2D eigenvalue weighted by Gasteiger charge is 2.23. The first-order chi connectivity index (χ1) is 11.2. The van der Waals surface area contributed by atoms with Crippen molar-refractivity contribution in [3.05, 3.63) is 58.0 Å². The van der Waals surface area contributed by atoms with Gasteiger partial charge in [0, 0.05) is 12.1 Å². The molecule has 3 nitrogen and oxygen atoms in total. The molecule has 1 unspecified atom stereocenters. The molecule has 1 aliphatic rings. The van der Waals surface area contributed by atoms with Crippen molar-refractivity contribution >= 4 is 17.2 Å². The molecule has 2 heterocycles. The van der Waals surface area contributed by atoms with Crippen molar-refractivity contribution < 1.29 is 9.18 Å². The lowest BCUT2D eigenvalue weighted by Crippen LogP contribution is -2.40. The van der Waals surface area contributed by atoms with Crippen LogP contribution < -0.4 is 5.32 Å². The second-order valence-electron chi connectivity index (χ2n) is 5.89. The third-order valence-corrected chi connectivity index (χ3v) is 5.02. The first-order valence-corrected chi connectivity index (χ1v) is 8.98. The van der Waals surface area contributed by atoms with Crippen LogP contribution in [0, 0.1) is 5.82 Å². The van der Waals surface area contributed by atoms with E-state index in [0.717, 1.165) is 13.1 Å². The van der Waals surface area contributed by atoms with Gasteiger partial charge < -0.3 is 5.32 Å². The Morgan fingerprint density at radius 1 is 1.17 bits per heavy atom.